The molecule has 14 nitrogen and oxygen atoms in total. The van der Waals surface area contributed by atoms with Crippen LogP contribution >= 0.6 is 0 Å². The number of nitrogens with zero attached hydrogens (tertiary/aromatic N) is 4. The lowest BCUT2D eigenvalue weighted by Crippen LogP contribution is -2.62. The molecule has 0 aliphatic carbocycles. The van der Waals surface area contributed by atoms with Crippen molar-refractivity contribution in [3.63, 3.8) is 0 Å². The van der Waals surface area contributed by atoms with Crippen LogP contribution in [0, 0.1) is 32.1 Å². The number of nitro groups is 2. The third-order valence-electron chi connectivity index (χ3n) is 9.94. The van der Waals surface area contributed by atoms with Crippen LogP contribution in [0.25, 0.3) is 0 Å². The first-order valence-corrected chi connectivity index (χ1v) is 16.9. The quantitative estimate of drug-likeness (QED) is 0.206. The minimum absolute atomic E-state index is 0.0888. The van der Waals surface area contributed by atoms with Crippen LogP contribution in [0.4, 0.5) is 0 Å². The standard InChI is InChI=1S/2C18H26N2O5/c2*1-12(2)14(17(21)25-4)19-11-10-18(3,22)16(20(23)24)15(19)13-8-6-5-7-9-13/h2*5-9,12,14-16,22H,10-11H2,1-4H3/t2*14-,15+,16+,18+/m11/s1. The third kappa shape index (κ3) is 8.84. The van der Waals surface area contributed by atoms with Crippen LogP contribution in [0.2, 0.25) is 0 Å². The molecule has 8 atom stereocenters. The Morgan fingerprint density at radius 1 is 0.700 bits per heavy atom. The van der Waals surface area contributed by atoms with E-state index < -0.39 is 69.2 Å². The second-order valence-corrected chi connectivity index (χ2v) is 14.3. The summed E-state index contributed by atoms with van der Waals surface area (Å²) < 4.78 is 9.89. The number of carbonyl (C=O) groups is 2. The molecule has 2 aromatic carbocycles. The van der Waals surface area contributed by atoms with Gasteiger partial charge in [-0.2, -0.15) is 0 Å². The van der Waals surface area contributed by atoms with E-state index in [0.29, 0.717) is 24.2 Å². The maximum atomic E-state index is 12.4. The van der Waals surface area contributed by atoms with E-state index >= 15 is 0 Å². The number of piperidine rings is 2. The van der Waals surface area contributed by atoms with E-state index in [1.807, 2.05) is 49.6 Å². The summed E-state index contributed by atoms with van der Waals surface area (Å²) >= 11 is 0. The molecule has 2 aliphatic heterocycles. The summed E-state index contributed by atoms with van der Waals surface area (Å²) in [6.45, 7) is 11.3. The van der Waals surface area contributed by atoms with Gasteiger partial charge in [0.1, 0.15) is 35.4 Å². The molecule has 0 bridgehead atoms. The number of rotatable bonds is 10. The molecule has 0 spiro atoms. The van der Waals surface area contributed by atoms with Gasteiger partial charge in [-0.1, -0.05) is 88.4 Å². The Morgan fingerprint density at radius 3 is 1.24 bits per heavy atom. The molecule has 4 rings (SSSR count). The van der Waals surface area contributed by atoms with Gasteiger partial charge in [-0.3, -0.25) is 39.6 Å². The summed E-state index contributed by atoms with van der Waals surface area (Å²) in [6, 6.07) is 12.9. The molecule has 14 heteroatoms. The van der Waals surface area contributed by atoms with Crippen LogP contribution < -0.4 is 0 Å². The molecule has 0 unspecified atom stereocenters. The molecule has 0 saturated carbocycles. The maximum Gasteiger partial charge on any atom is 0.323 e. The zero-order chi connectivity index (χ0) is 37.6. The Morgan fingerprint density at radius 2 is 1.00 bits per heavy atom. The lowest BCUT2D eigenvalue weighted by Gasteiger charge is -2.47. The molecule has 2 saturated heterocycles. The van der Waals surface area contributed by atoms with Gasteiger partial charge in [-0.25, -0.2) is 0 Å². The lowest BCUT2D eigenvalue weighted by molar-refractivity contribution is -0.559. The number of carbonyl (C=O) groups excluding carboxylic acids is 2. The van der Waals surface area contributed by atoms with E-state index in [2.05, 4.69) is 0 Å². The Kier molecular flexibility index (Phi) is 13.6. The van der Waals surface area contributed by atoms with Crippen molar-refractivity contribution in [2.45, 2.75) is 102 Å². The molecule has 2 fully saturated rings. The maximum absolute atomic E-state index is 12.4. The Hall–Kier alpha value is -3.98. The largest absolute Gasteiger partial charge is 0.468 e. The van der Waals surface area contributed by atoms with E-state index in [9.17, 15) is 40.0 Å². The topological polar surface area (TPSA) is 186 Å². The second-order valence-electron chi connectivity index (χ2n) is 14.3. The van der Waals surface area contributed by atoms with Gasteiger partial charge in [0, 0.05) is 22.9 Å². The lowest BCUT2D eigenvalue weighted by atomic mass is 9.78. The predicted octanol–water partition coefficient (Wildman–Crippen LogP) is 4.05. The van der Waals surface area contributed by atoms with Gasteiger partial charge in [0.15, 0.2) is 0 Å². The molecule has 2 aliphatic rings. The van der Waals surface area contributed by atoms with E-state index in [0.717, 1.165) is 0 Å². The number of hydrogen-bond acceptors (Lipinski definition) is 12. The highest BCUT2D eigenvalue weighted by Crippen LogP contribution is 2.42. The highest BCUT2D eigenvalue weighted by Gasteiger charge is 2.57. The fraction of sp³-hybridized carbons (Fsp3) is 0.611. The monoisotopic (exact) mass is 700 g/mol. The number of esters is 2. The van der Waals surface area contributed by atoms with Crippen molar-refractivity contribution >= 4 is 11.9 Å². The van der Waals surface area contributed by atoms with Gasteiger partial charge < -0.3 is 19.7 Å². The van der Waals surface area contributed by atoms with Crippen LogP contribution in [0.15, 0.2) is 60.7 Å². The normalized spacial score (nSPS) is 28.6. The minimum atomic E-state index is -1.46. The van der Waals surface area contributed by atoms with Gasteiger partial charge in [-0.05, 0) is 49.7 Å². The first-order valence-electron chi connectivity index (χ1n) is 16.9. The molecule has 0 radical (unpaired) electrons. The number of methoxy groups -OCH3 is 2. The van der Waals surface area contributed by atoms with Crippen LogP contribution in [-0.2, 0) is 19.1 Å². The fourth-order valence-electron chi connectivity index (χ4n) is 7.51. The second kappa shape index (κ2) is 16.8. The minimum Gasteiger partial charge on any atom is -0.468 e. The van der Waals surface area contributed by atoms with E-state index in [1.165, 1.54) is 28.1 Å². The van der Waals surface area contributed by atoms with Crippen molar-refractivity contribution in [1.82, 2.24) is 9.80 Å². The SMILES string of the molecule is COC(=O)[C@@H](C(C)C)N1CC[C@](C)(O)[C@@H]([N+](=O)[O-])[C@@H]1c1ccccc1.COC(=O)[C@@H](C(C)C)N1CC[C@](C)(O)[C@@H]([N+](=O)[O-])[C@@H]1c1ccccc1. The Labute approximate surface area is 293 Å². The zero-order valence-corrected chi connectivity index (χ0v) is 30.2. The van der Waals surface area contributed by atoms with Gasteiger partial charge >= 0.3 is 11.9 Å². The first kappa shape index (κ1) is 40.4. The van der Waals surface area contributed by atoms with Crippen LogP contribution in [0.5, 0.6) is 0 Å². The molecule has 2 heterocycles. The van der Waals surface area contributed by atoms with Crippen LogP contribution in [0.3, 0.4) is 0 Å². The average Bonchev–Trinajstić information content (AvgIpc) is 3.05. The highest BCUT2D eigenvalue weighted by molar-refractivity contribution is 5.76. The molecular formula is C36H52N4O10. The number of ether oxygens (including phenoxy) is 2. The summed E-state index contributed by atoms with van der Waals surface area (Å²) in [7, 11) is 2.64. The number of hydrogen-bond donors (Lipinski definition) is 2. The zero-order valence-electron chi connectivity index (χ0n) is 30.2. The first-order chi connectivity index (χ1) is 23.4. The average molecular weight is 701 g/mol. The van der Waals surface area contributed by atoms with Crippen LogP contribution in [-0.4, -0.2) is 104 Å². The molecule has 0 amide bonds. The van der Waals surface area contributed by atoms with E-state index in [4.69, 9.17) is 9.47 Å². The summed E-state index contributed by atoms with van der Waals surface area (Å²) in [4.78, 5) is 51.2. The van der Waals surface area contributed by atoms with Gasteiger partial charge in [0.05, 0.1) is 14.2 Å². The van der Waals surface area contributed by atoms with Crippen molar-refractivity contribution in [1.29, 1.82) is 0 Å². The number of aliphatic hydroxyl groups is 2. The molecule has 276 valence electrons. The van der Waals surface area contributed by atoms with Crippen molar-refractivity contribution in [2.75, 3.05) is 27.3 Å². The molecule has 50 heavy (non-hydrogen) atoms. The van der Waals surface area contributed by atoms with Crippen molar-refractivity contribution < 1.29 is 39.1 Å². The Balaban J connectivity index is 0.000000270. The van der Waals surface area contributed by atoms with Crippen molar-refractivity contribution in [2.24, 2.45) is 11.8 Å². The molecule has 2 N–H and O–H groups in total. The van der Waals surface area contributed by atoms with Gasteiger partial charge in [0.25, 0.3) is 12.1 Å². The fourth-order valence-corrected chi connectivity index (χ4v) is 7.51. The van der Waals surface area contributed by atoms with E-state index in [1.54, 1.807) is 48.5 Å². The van der Waals surface area contributed by atoms with Crippen molar-refractivity contribution in [3.05, 3.63) is 92.0 Å². The van der Waals surface area contributed by atoms with Crippen molar-refractivity contribution in [3.8, 4) is 0 Å². The summed E-state index contributed by atoms with van der Waals surface area (Å²) in [5, 5.41) is 45.0. The van der Waals surface area contributed by atoms with Gasteiger partial charge in [-0.15, -0.1) is 0 Å². The van der Waals surface area contributed by atoms with E-state index in [-0.39, 0.29) is 24.7 Å². The number of likely N-dealkylation sites (tertiary alicyclic amines) is 2. The summed E-state index contributed by atoms with van der Waals surface area (Å²) in [5.41, 5.74) is -1.51. The highest BCUT2D eigenvalue weighted by atomic mass is 16.6. The molecule has 0 aromatic heterocycles. The molecule has 2 aromatic rings. The summed E-state index contributed by atoms with van der Waals surface area (Å²) in [5.74, 6) is -1.01. The van der Waals surface area contributed by atoms with Crippen LogP contribution in [0.1, 0.15) is 77.6 Å². The summed E-state index contributed by atoms with van der Waals surface area (Å²) in [6.07, 6.45) is 0.421. The smallest absolute Gasteiger partial charge is 0.323 e. The van der Waals surface area contributed by atoms with Gasteiger partial charge in [0.2, 0.25) is 0 Å². The number of benzene rings is 2. The molecular weight excluding hydrogens is 648 g/mol. The Bertz CT molecular complexity index is 1340. The predicted molar refractivity (Wildman–Crippen MR) is 185 cm³/mol. The third-order valence-corrected chi connectivity index (χ3v) is 9.94.